The lowest BCUT2D eigenvalue weighted by atomic mass is 9.57. The zero-order valence-corrected chi connectivity index (χ0v) is 12.3. The lowest BCUT2D eigenvalue weighted by Gasteiger charge is -2.53. The second kappa shape index (κ2) is 5.92. The summed E-state index contributed by atoms with van der Waals surface area (Å²) in [6, 6.07) is 0.784. The van der Waals surface area contributed by atoms with Gasteiger partial charge in [0.25, 0.3) is 0 Å². The van der Waals surface area contributed by atoms with Crippen LogP contribution in [-0.4, -0.2) is 24.3 Å². The fraction of sp³-hybridized carbons (Fsp3) is 1.00. The predicted octanol–water partition coefficient (Wildman–Crippen LogP) is 3.49. The maximum absolute atomic E-state index is 8.94. The van der Waals surface area contributed by atoms with E-state index in [2.05, 4.69) is 19.2 Å². The van der Waals surface area contributed by atoms with Gasteiger partial charge in [-0.25, -0.2) is 0 Å². The van der Waals surface area contributed by atoms with Crippen molar-refractivity contribution < 1.29 is 5.11 Å². The number of aliphatic hydroxyl groups excluding tert-OH is 1. The zero-order valence-electron chi connectivity index (χ0n) is 12.3. The molecule has 0 heterocycles. The minimum Gasteiger partial charge on any atom is -0.396 e. The zero-order chi connectivity index (χ0) is 13.1. The molecule has 2 fully saturated rings. The highest BCUT2D eigenvalue weighted by molar-refractivity contribution is 5.02. The van der Waals surface area contributed by atoms with Crippen LogP contribution in [0.25, 0.3) is 0 Å². The van der Waals surface area contributed by atoms with Crippen molar-refractivity contribution in [3.63, 3.8) is 0 Å². The molecule has 2 N–H and O–H groups in total. The number of hydrogen-bond acceptors (Lipinski definition) is 2. The summed E-state index contributed by atoms with van der Waals surface area (Å²) in [5.74, 6) is 0. The Morgan fingerprint density at radius 1 is 1.17 bits per heavy atom. The molecule has 2 nitrogen and oxygen atoms in total. The molecule has 0 saturated heterocycles. The van der Waals surface area contributed by atoms with Crippen molar-refractivity contribution in [3.05, 3.63) is 0 Å². The van der Waals surface area contributed by atoms with E-state index in [0.29, 0.717) is 17.4 Å². The Hall–Kier alpha value is -0.0800. The number of nitrogens with one attached hydrogen (secondary N) is 1. The van der Waals surface area contributed by atoms with Gasteiger partial charge in [0.05, 0.1) is 0 Å². The largest absolute Gasteiger partial charge is 0.396 e. The Morgan fingerprint density at radius 2 is 1.89 bits per heavy atom. The standard InChI is InChI=1S/C16H31NO/c1-15(2,8-6-12-18)13-17-14-7-11-16(14)9-4-3-5-10-16/h14,17-18H,3-13H2,1-2H3. The summed E-state index contributed by atoms with van der Waals surface area (Å²) < 4.78 is 0. The number of aliphatic hydroxyl groups is 1. The average Bonchev–Trinajstić information content (AvgIpc) is 2.36. The normalized spacial score (nSPS) is 27.2. The second-order valence-corrected chi connectivity index (χ2v) is 7.39. The molecule has 2 aliphatic rings. The lowest BCUT2D eigenvalue weighted by Crippen LogP contribution is -2.55. The number of rotatable bonds is 6. The molecule has 2 rings (SSSR count). The van der Waals surface area contributed by atoms with Crippen molar-refractivity contribution in [2.45, 2.75) is 77.7 Å². The second-order valence-electron chi connectivity index (χ2n) is 7.39. The van der Waals surface area contributed by atoms with Gasteiger partial charge in [0, 0.05) is 19.2 Å². The molecule has 1 spiro atoms. The van der Waals surface area contributed by atoms with E-state index in [9.17, 15) is 0 Å². The molecule has 0 amide bonds. The fourth-order valence-electron chi connectivity index (χ4n) is 3.92. The Labute approximate surface area is 113 Å². The molecule has 0 aliphatic heterocycles. The first kappa shape index (κ1) is 14.3. The molecular weight excluding hydrogens is 222 g/mol. The first-order chi connectivity index (χ1) is 8.58. The van der Waals surface area contributed by atoms with Crippen molar-refractivity contribution in [2.24, 2.45) is 10.8 Å². The molecule has 0 aromatic carbocycles. The number of hydrogen-bond donors (Lipinski definition) is 2. The van der Waals surface area contributed by atoms with Crippen LogP contribution in [0.1, 0.15) is 71.6 Å². The summed E-state index contributed by atoms with van der Waals surface area (Å²) in [5.41, 5.74) is 0.999. The topological polar surface area (TPSA) is 32.3 Å². The van der Waals surface area contributed by atoms with Crippen LogP contribution < -0.4 is 5.32 Å². The molecule has 2 heteroatoms. The van der Waals surface area contributed by atoms with Crippen LogP contribution in [-0.2, 0) is 0 Å². The van der Waals surface area contributed by atoms with E-state index in [4.69, 9.17) is 5.11 Å². The smallest absolute Gasteiger partial charge is 0.0431 e. The average molecular weight is 253 g/mol. The maximum atomic E-state index is 8.94. The van der Waals surface area contributed by atoms with Crippen LogP contribution in [0.15, 0.2) is 0 Å². The Balaban J connectivity index is 1.76. The molecule has 1 unspecified atom stereocenters. The highest BCUT2D eigenvalue weighted by atomic mass is 16.2. The highest BCUT2D eigenvalue weighted by Crippen LogP contribution is 2.51. The molecule has 106 valence electrons. The van der Waals surface area contributed by atoms with Gasteiger partial charge in [0.2, 0.25) is 0 Å². The summed E-state index contributed by atoms with van der Waals surface area (Å²) >= 11 is 0. The maximum Gasteiger partial charge on any atom is 0.0431 e. The first-order valence-electron chi connectivity index (χ1n) is 7.92. The molecule has 0 aromatic heterocycles. The van der Waals surface area contributed by atoms with Gasteiger partial charge in [-0.2, -0.15) is 0 Å². The molecule has 2 saturated carbocycles. The molecule has 18 heavy (non-hydrogen) atoms. The third kappa shape index (κ3) is 3.27. The minimum absolute atomic E-state index is 0.328. The van der Waals surface area contributed by atoms with Crippen LogP contribution in [0.4, 0.5) is 0 Å². The summed E-state index contributed by atoms with van der Waals surface area (Å²) in [4.78, 5) is 0. The van der Waals surface area contributed by atoms with Gasteiger partial charge in [-0.3, -0.25) is 0 Å². The van der Waals surface area contributed by atoms with Gasteiger partial charge in [-0.15, -0.1) is 0 Å². The summed E-state index contributed by atoms with van der Waals surface area (Å²) in [6.07, 6.45) is 12.2. The fourth-order valence-corrected chi connectivity index (χ4v) is 3.92. The quantitative estimate of drug-likeness (QED) is 0.759. The van der Waals surface area contributed by atoms with Crippen molar-refractivity contribution in [1.82, 2.24) is 5.32 Å². The van der Waals surface area contributed by atoms with Gasteiger partial charge in [0.15, 0.2) is 0 Å². The summed E-state index contributed by atoms with van der Waals surface area (Å²) in [6.45, 7) is 6.08. The first-order valence-corrected chi connectivity index (χ1v) is 7.92. The van der Waals surface area contributed by atoms with E-state index in [1.807, 2.05) is 0 Å². The molecule has 0 aromatic rings. The van der Waals surface area contributed by atoms with Gasteiger partial charge in [-0.05, 0) is 49.4 Å². The van der Waals surface area contributed by atoms with E-state index in [1.165, 1.54) is 44.9 Å². The highest BCUT2D eigenvalue weighted by Gasteiger charge is 2.46. The Kier molecular flexibility index (Phi) is 4.71. The Bertz CT molecular complexity index is 256. The Morgan fingerprint density at radius 3 is 2.44 bits per heavy atom. The van der Waals surface area contributed by atoms with Crippen molar-refractivity contribution in [2.75, 3.05) is 13.2 Å². The molecule has 0 bridgehead atoms. The third-order valence-corrected chi connectivity index (χ3v) is 5.36. The molecule has 2 aliphatic carbocycles. The van der Waals surface area contributed by atoms with E-state index in [1.54, 1.807) is 0 Å². The van der Waals surface area contributed by atoms with Crippen molar-refractivity contribution in [3.8, 4) is 0 Å². The van der Waals surface area contributed by atoms with Crippen LogP contribution in [0.2, 0.25) is 0 Å². The van der Waals surface area contributed by atoms with Gasteiger partial charge in [0.1, 0.15) is 0 Å². The van der Waals surface area contributed by atoms with Crippen molar-refractivity contribution in [1.29, 1.82) is 0 Å². The minimum atomic E-state index is 0.328. The summed E-state index contributed by atoms with van der Waals surface area (Å²) in [5, 5.41) is 12.8. The van der Waals surface area contributed by atoms with Crippen molar-refractivity contribution >= 4 is 0 Å². The van der Waals surface area contributed by atoms with E-state index < -0.39 is 0 Å². The summed E-state index contributed by atoms with van der Waals surface area (Å²) in [7, 11) is 0. The monoisotopic (exact) mass is 253 g/mol. The van der Waals surface area contributed by atoms with Gasteiger partial charge in [-0.1, -0.05) is 33.1 Å². The molecule has 0 radical (unpaired) electrons. The molecule has 1 atom stereocenters. The van der Waals surface area contributed by atoms with Crippen LogP contribution in [0.3, 0.4) is 0 Å². The van der Waals surface area contributed by atoms with E-state index >= 15 is 0 Å². The van der Waals surface area contributed by atoms with Gasteiger partial charge >= 0.3 is 0 Å². The van der Waals surface area contributed by atoms with E-state index in [-0.39, 0.29) is 0 Å². The van der Waals surface area contributed by atoms with Crippen LogP contribution >= 0.6 is 0 Å². The lowest BCUT2D eigenvalue weighted by molar-refractivity contribution is 0.0172. The predicted molar refractivity (Wildman–Crippen MR) is 76.6 cm³/mol. The molecular formula is C16H31NO. The third-order valence-electron chi connectivity index (χ3n) is 5.36. The van der Waals surface area contributed by atoms with Crippen LogP contribution in [0.5, 0.6) is 0 Å². The SMILES string of the molecule is CC(C)(CCCO)CNC1CCC12CCCCC2. The van der Waals surface area contributed by atoms with Gasteiger partial charge < -0.3 is 10.4 Å². The van der Waals surface area contributed by atoms with Crippen LogP contribution in [0, 0.1) is 10.8 Å². The van der Waals surface area contributed by atoms with E-state index in [0.717, 1.165) is 25.4 Å².